The standard InChI is InChI=1S/C16H24N2O3/c1-2-8-21-15-5-3-4-13(9-15)10-17-16(20)12-18-7-6-14(19)11-18/h3-5,9,14,19H,2,6-8,10-12H2,1H3,(H,17,20)/t14-/m0/s1. The van der Waals surface area contributed by atoms with Crippen LogP contribution in [0.5, 0.6) is 5.75 Å². The molecule has 1 fully saturated rings. The number of rotatable bonds is 7. The Balaban J connectivity index is 1.75. The Bertz CT molecular complexity index is 465. The average molecular weight is 292 g/mol. The molecule has 0 bridgehead atoms. The van der Waals surface area contributed by atoms with Crippen molar-refractivity contribution in [2.45, 2.75) is 32.4 Å². The minimum Gasteiger partial charge on any atom is -0.494 e. The second kappa shape index (κ2) is 8.00. The molecule has 21 heavy (non-hydrogen) atoms. The van der Waals surface area contributed by atoms with Crippen LogP contribution in [0.3, 0.4) is 0 Å². The third kappa shape index (κ3) is 5.36. The number of likely N-dealkylation sites (tertiary alicyclic amines) is 1. The van der Waals surface area contributed by atoms with E-state index >= 15 is 0 Å². The van der Waals surface area contributed by atoms with Crippen molar-refractivity contribution >= 4 is 5.91 Å². The molecule has 5 heteroatoms. The maximum atomic E-state index is 11.9. The number of β-amino-alcohol motifs (C(OH)–C–C–N with tert-alkyl or cyclic N) is 1. The van der Waals surface area contributed by atoms with Gasteiger partial charge in [0.1, 0.15) is 5.75 Å². The highest BCUT2D eigenvalue weighted by molar-refractivity contribution is 5.78. The molecule has 5 nitrogen and oxygen atoms in total. The lowest BCUT2D eigenvalue weighted by atomic mass is 10.2. The summed E-state index contributed by atoms with van der Waals surface area (Å²) in [5.41, 5.74) is 1.03. The summed E-state index contributed by atoms with van der Waals surface area (Å²) in [5, 5.41) is 12.3. The molecule has 116 valence electrons. The fourth-order valence-electron chi connectivity index (χ4n) is 2.38. The number of nitrogens with zero attached hydrogens (tertiary/aromatic N) is 1. The van der Waals surface area contributed by atoms with Crippen LogP contribution in [-0.2, 0) is 11.3 Å². The molecule has 1 aromatic rings. The monoisotopic (exact) mass is 292 g/mol. The number of aliphatic hydroxyl groups is 1. The number of carbonyl (C=O) groups is 1. The van der Waals surface area contributed by atoms with Gasteiger partial charge in [-0.2, -0.15) is 0 Å². The zero-order valence-electron chi connectivity index (χ0n) is 12.5. The number of benzene rings is 1. The maximum Gasteiger partial charge on any atom is 0.234 e. The Labute approximate surface area is 125 Å². The van der Waals surface area contributed by atoms with Gasteiger partial charge in [-0.3, -0.25) is 9.69 Å². The zero-order valence-corrected chi connectivity index (χ0v) is 12.5. The quantitative estimate of drug-likeness (QED) is 0.791. The second-order valence-electron chi connectivity index (χ2n) is 5.45. The Kier molecular flexibility index (Phi) is 6.02. The molecule has 1 heterocycles. The van der Waals surface area contributed by atoms with Crippen LogP contribution in [0.2, 0.25) is 0 Å². The fraction of sp³-hybridized carbons (Fsp3) is 0.562. The predicted molar refractivity (Wildman–Crippen MR) is 81.1 cm³/mol. The van der Waals surface area contributed by atoms with Crippen LogP contribution < -0.4 is 10.1 Å². The predicted octanol–water partition coefficient (Wildman–Crippen LogP) is 1.16. The smallest absolute Gasteiger partial charge is 0.234 e. The van der Waals surface area contributed by atoms with Crippen LogP contribution in [0.4, 0.5) is 0 Å². The van der Waals surface area contributed by atoms with Crippen LogP contribution >= 0.6 is 0 Å². The summed E-state index contributed by atoms with van der Waals surface area (Å²) in [5.74, 6) is 0.829. The van der Waals surface area contributed by atoms with Gasteiger partial charge in [0, 0.05) is 19.6 Å². The first-order valence-electron chi connectivity index (χ1n) is 7.56. The fourth-order valence-corrected chi connectivity index (χ4v) is 2.38. The van der Waals surface area contributed by atoms with Crippen molar-refractivity contribution in [2.24, 2.45) is 0 Å². The molecule has 0 saturated carbocycles. The summed E-state index contributed by atoms with van der Waals surface area (Å²) in [4.78, 5) is 13.8. The van der Waals surface area contributed by atoms with Crippen molar-refractivity contribution in [3.63, 3.8) is 0 Å². The number of hydrogen-bond acceptors (Lipinski definition) is 4. The van der Waals surface area contributed by atoms with E-state index in [0.717, 1.165) is 30.7 Å². The number of nitrogens with one attached hydrogen (secondary N) is 1. The second-order valence-corrected chi connectivity index (χ2v) is 5.45. The Hall–Kier alpha value is -1.59. The molecule has 0 radical (unpaired) electrons. The van der Waals surface area contributed by atoms with Gasteiger partial charge >= 0.3 is 0 Å². The number of ether oxygens (including phenoxy) is 1. The lowest BCUT2D eigenvalue weighted by molar-refractivity contribution is -0.122. The summed E-state index contributed by atoms with van der Waals surface area (Å²) >= 11 is 0. The van der Waals surface area contributed by atoms with E-state index in [-0.39, 0.29) is 12.0 Å². The molecule has 0 unspecified atom stereocenters. The van der Waals surface area contributed by atoms with Gasteiger partial charge in [0.25, 0.3) is 0 Å². The molecule has 1 saturated heterocycles. The first-order chi connectivity index (χ1) is 10.2. The lowest BCUT2D eigenvalue weighted by Crippen LogP contribution is -2.36. The molecule has 0 aliphatic carbocycles. The molecule has 1 aliphatic heterocycles. The molecule has 1 aromatic carbocycles. The van der Waals surface area contributed by atoms with E-state index < -0.39 is 0 Å². The molecule has 2 N–H and O–H groups in total. The average Bonchev–Trinajstić information content (AvgIpc) is 2.88. The Morgan fingerprint density at radius 2 is 2.38 bits per heavy atom. The minimum absolute atomic E-state index is 0.0102. The third-order valence-electron chi connectivity index (χ3n) is 3.48. The van der Waals surface area contributed by atoms with Gasteiger partial charge in [0.05, 0.1) is 19.3 Å². The van der Waals surface area contributed by atoms with Crippen molar-refractivity contribution in [2.75, 3.05) is 26.2 Å². The van der Waals surface area contributed by atoms with Crippen molar-refractivity contribution in [1.29, 1.82) is 0 Å². The first kappa shape index (κ1) is 15.8. The van der Waals surface area contributed by atoms with E-state index in [1.165, 1.54) is 0 Å². The summed E-state index contributed by atoms with van der Waals surface area (Å²) in [6.07, 6.45) is 1.44. The van der Waals surface area contributed by atoms with E-state index in [1.54, 1.807) is 0 Å². The van der Waals surface area contributed by atoms with E-state index in [9.17, 15) is 9.90 Å². The molecule has 1 amide bonds. The minimum atomic E-state index is -0.287. The molecule has 0 aromatic heterocycles. The zero-order chi connectivity index (χ0) is 15.1. The summed E-state index contributed by atoms with van der Waals surface area (Å²) in [6.45, 7) is 5.00. The summed E-state index contributed by atoms with van der Waals surface area (Å²) in [7, 11) is 0. The van der Waals surface area contributed by atoms with Crippen LogP contribution in [-0.4, -0.2) is 48.3 Å². The topological polar surface area (TPSA) is 61.8 Å². The van der Waals surface area contributed by atoms with E-state index in [4.69, 9.17) is 4.74 Å². The van der Waals surface area contributed by atoms with Gasteiger partial charge in [0.2, 0.25) is 5.91 Å². The van der Waals surface area contributed by atoms with Crippen molar-refractivity contribution in [3.05, 3.63) is 29.8 Å². The third-order valence-corrected chi connectivity index (χ3v) is 3.48. The highest BCUT2D eigenvalue weighted by Gasteiger charge is 2.21. The summed E-state index contributed by atoms with van der Waals surface area (Å²) < 4.78 is 5.57. The van der Waals surface area contributed by atoms with Crippen LogP contribution in [0.1, 0.15) is 25.3 Å². The van der Waals surface area contributed by atoms with E-state index in [2.05, 4.69) is 12.2 Å². The lowest BCUT2D eigenvalue weighted by Gasteiger charge is -2.14. The number of carbonyl (C=O) groups excluding carboxylic acids is 1. The summed E-state index contributed by atoms with van der Waals surface area (Å²) in [6, 6.07) is 7.78. The van der Waals surface area contributed by atoms with Gasteiger partial charge in [-0.05, 0) is 30.5 Å². The van der Waals surface area contributed by atoms with Crippen molar-refractivity contribution in [3.8, 4) is 5.75 Å². The van der Waals surface area contributed by atoms with Gasteiger partial charge in [-0.15, -0.1) is 0 Å². The Morgan fingerprint density at radius 3 is 3.10 bits per heavy atom. The van der Waals surface area contributed by atoms with Crippen molar-refractivity contribution < 1.29 is 14.6 Å². The molecule has 2 rings (SSSR count). The largest absolute Gasteiger partial charge is 0.494 e. The van der Waals surface area contributed by atoms with Crippen LogP contribution in [0.25, 0.3) is 0 Å². The molecular formula is C16H24N2O3. The van der Waals surface area contributed by atoms with Gasteiger partial charge < -0.3 is 15.2 Å². The number of aliphatic hydroxyl groups excluding tert-OH is 1. The van der Waals surface area contributed by atoms with E-state index in [0.29, 0.717) is 26.2 Å². The van der Waals surface area contributed by atoms with E-state index in [1.807, 2.05) is 29.2 Å². The first-order valence-corrected chi connectivity index (χ1v) is 7.56. The molecule has 1 atom stereocenters. The van der Waals surface area contributed by atoms with Crippen LogP contribution in [0.15, 0.2) is 24.3 Å². The van der Waals surface area contributed by atoms with Gasteiger partial charge in [-0.25, -0.2) is 0 Å². The number of hydrogen-bond donors (Lipinski definition) is 2. The normalized spacial score (nSPS) is 18.7. The molecular weight excluding hydrogens is 268 g/mol. The van der Waals surface area contributed by atoms with Crippen LogP contribution in [0, 0.1) is 0 Å². The molecule has 1 aliphatic rings. The van der Waals surface area contributed by atoms with Gasteiger partial charge in [0.15, 0.2) is 0 Å². The number of amides is 1. The maximum absolute atomic E-state index is 11.9. The molecule has 0 spiro atoms. The highest BCUT2D eigenvalue weighted by atomic mass is 16.5. The Morgan fingerprint density at radius 1 is 1.52 bits per heavy atom. The SMILES string of the molecule is CCCOc1cccc(CNC(=O)CN2CC[C@H](O)C2)c1. The highest BCUT2D eigenvalue weighted by Crippen LogP contribution is 2.13. The van der Waals surface area contributed by atoms with Gasteiger partial charge in [-0.1, -0.05) is 19.1 Å². The van der Waals surface area contributed by atoms with Crippen molar-refractivity contribution in [1.82, 2.24) is 10.2 Å².